The maximum absolute atomic E-state index is 12.3. The van der Waals surface area contributed by atoms with Crippen LogP contribution in [0.4, 0.5) is 22.7 Å². The van der Waals surface area contributed by atoms with Crippen LogP contribution in [0.25, 0.3) is 12.2 Å². The van der Waals surface area contributed by atoms with Gasteiger partial charge in [0.15, 0.2) is 11.7 Å². The predicted molar refractivity (Wildman–Crippen MR) is 191 cm³/mol. The largest absolute Gasteiger partial charge is 0.744 e. The first-order chi connectivity index (χ1) is 24.8. The Morgan fingerprint density at radius 2 is 0.962 bits per heavy atom. The molecule has 0 bridgehead atoms. The number of hydrogen-bond acceptors (Lipinski definition) is 18. The zero-order valence-corrected chi connectivity index (χ0v) is 28.1. The molecule has 0 atom stereocenters. The number of anilines is 4. The molecule has 2 aliphatic heterocycles. The molecule has 0 saturated carbocycles. The number of nitrogens with one attached hydrogen (secondary N) is 6. The first-order valence-corrected chi connectivity index (χ1v) is 17.8. The second-order valence-corrected chi connectivity index (χ2v) is 13.5. The maximum atomic E-state index is 12.3. The molecular formula is C32H28N10O8S2-2. The zero-order chi connectivity index (χ0) is 36.9. The number of benzene rings is 4. The van der Waals surface area contributed by atoms with Crippen LogP contribution in [0, 0.1) is 0 Å². The van der Waals surface area contributed by atoms with E-state index in [1.165, 1.54) is 48.6 Å². The Morgan fingerprint density at radius 1 is 0.577 bits per heavy atom. The summed E-state index contributed by atoms with van der Waals surface area (Å²) in [7, 11) is -10.2. The summed E-state index contributed by atoms with van der Waals surface area (Å²) >= 11 is 0. The molecule has 0 saturated heterocycles. The van der Waals surface area contributed by atoms with Crippen molar-refractivity contribution in [2.75, 3.05) is 21.5 Å². The molecule has 18 nitrogen and oxygen atoms in total. The highest BCUT2D eigenvalue weighted by Crippen LogP contribution is 2.27. The number of hydrazine groups is 4. The van der Waals surface area contributed by atoms with E-state index in [-0.39, 0.29) is 45.9 Å². The Bertz CT molecular complexity index is 2190. The van der Waals surface area contributed by atoms with Gasteiger partial charge in [-0.15, -0.1) is 20.7 Å². The Balaban J connectivity index is 1.21. The summed E-state index contributed by atoms with van der Waals surface area (Å²) in [4.78, 5) is -1.35. The molecular weight excluding hydrogens is 717 g/mol. The monoisotopic (exact) mass is 744 g/mol. The highest BCUT2D eigenvalue weighted by molar-refractivity contribution is 7.86. The van der Waals surface area contributed by atoms with Gasteiger partial charge in [0.1, 0.15) is 20.2 Å². The fourth-order valence-corrected chi connectivity index (χ4v) is 6.16. The van der Waals surface area contributed by atoms with Crippen molar-refractivity contribution >= 4 is 66.8 Å². The van der Waals surface area contributed by atoms with E-state index >= 15 is 0 Å². The number of para-hydroxylation sites is 2. The Hall–Kier alpha value is -6.74. The molecule has 0 aromatic heterocycles. The third-order valence-electron chi connectivity index (χ3n) is 6.97. The van der Waals surface area contributed by atoms with Crippen molar-refractivity contribution in [1.29, 1.82) is 0 Å². The second-order valence-electron chi connectivity index (χ2n) is 10.8. The van der Waals surface area contributed by atoms with Crippen molar-refractivity contribution in [3.8, 4) is 0 Å². The van der Waals surface area contributed by atoms with Gasteiger partial charge >= 0.3 is 0 Å². The fraction of sp³-hybridized carbons (Fsp3) is 0. The topological polar surface area (TPSA) is 258 Å². The molecule has 2 aliphatic rings. The number of hydrazone groups is 2. The summed E-state index contributed by atoms with van der Waals surface area (Å²) in [5.74, 6) is -0.170. The van der Waals surface area contributed by atoms with Crippen LogP contribution in [0.1, 0.15) is 11.1 Å². The SMILES string of the molecule is O=S(=O)([O-])c1cc(NN2N=C(Nc3ccccc3)C=C(O)N2)ccc1/C=C/c1ccc(NN2N=C(Nc3ccccc3)C=C(O)N2)cc1S(=O)(=O)[O-]. The molecule has 0 aliphatic carbocycles. The standard InChI is InChI=1S/C32H30N10O8S2/c43-31-19-29(33-23-7-3-1-4-8-23)37-41(39-31)35-25-15-13-21(27(17-25)51(45,46)47)11-12-22-14-16-26(18-28(22)52(48,49)50)36-42-38-30(20-32(44)40-42)34-24-9-5-2-6-10-24/h1-20,35-36,39-40,43-44H,(H,33,37)(H,34,38)(H,45,46,47)(H,48,49,50)/p-2/b12-11+. The van der Waals surface area contributed by atoms with Crippen LogP contribution in [0.5, 0.6) is 0 Å². The highest BCUT2D eigenvalue weighted by Gasteiger charge is 2.17. The van der Waals surface area contributed by atoms with Crippen molar-refractivity contribution in [1.82, 2.24) is 21.3 Å². The number of amidine groups is 2. The summed E-state index contributed by atoms with van der Waals surface area (Å²) in [5.41, 5.74) is 11.7. The van der Waals surface area contributed by atoms with Crippen molar-refractivity contribution in [2.45, 2.75) is 9.79 Å². The van der Waals surface area contributed by atoms with Crippen LogP contribution in [-0.4, -0.2) is 58.3 Å². The molecule has 0 spiro atoms. The van der Waals surface area contributed by atoms with E-state index in [0.29, 0.717) is 11.4 Å². The van der Waals surface area contributed by atoms with Crippen LogP contribution in [0.2, 0.25) is 0 Å². The van der Waals surface area contributed by atoms with Crippen molar-refractivity contribution in [3.05, 3.63) is 132 Å². The number of aliphatic hydroxyl groups is 2. The van der Waals surface area contributed by atoms with Crippen molar-refractivity contribution in [2.24, 2.45) is 10.2 Å². The van der Waals surface area contributed by atoms with Gasteiger partial charge in [0.05, 0.1) is 21.2 Å². The van der Waals surface area contributed by atoms with E-state index in [2.05, 4.69) is 42.5 Å². The van der Waals surface area contributed by atoms with Gasteiger partial charge in [-0.1, -0.05) is 60.7 Å². The lowest BCUT2D eigenvalue weighted by Gasteiger charge is -2.26. The molecule has 52 heavy (non-hydrogen) atoms. The number of rotatable bonds is 10. The molecule has 6 rings (SSSR count). The number of nitrogens with zero attached hydrogens (tertiary/aromatic N) is 4. The Labute approximate surface area is 297 Å². The minimum atomic E-state index is -5.09. The van der Waals surface area contributed by atoms with E-state index < -0.39 is 30.0 Å². The molecule has 8 N–H and O–H groups in total. The lowest BCUT2D eigenvalue weighted by molar-refractivity contribution is 0.199. The summed E-state index contributed by atoms with van der Waals surface area (Å²) in [5, 5.41) is 36.7. The average Bonchev–Trinajstić information content (AvgIpc) is 3.07. The van der Waals surface area contributed by atoms with E-state index in [9.17, 15) is 36.2 Å². The minimum absolute atomic E-state index is 0.0758. The summed E-state index contributed by atoms with van der Waals surface area (Å²) < 4.78 is 73.7. The lowest BCUT2D eigenvalue weighted by Crippen LogP contribution is -2.42. The second kappa shape index (κ2) is 14.6. The lowest BCUT2D eigenvalue weighted by atomic mass is 10.1. The first-order valence-electron chi connectivity index (χ1n) is 15.0. The summed E-state index contributed by atoms with van der Waals surface area (Å²) in [6.45, 7) is 0. The van der Waals surface area contributed by atoms with Gasteiger partial charge in [-0.05, 0) is 59.7 Å². The third-order valence-corrected chi connectivity index (χ3v) is 8.76. The first kappa shape index (κ1) is 35.1. The smallest absolute Gasteiger partial charge is 0.210 e. The molecule has 0 amide bonds. The zero-order valence-electron chi connectivity index (χ0n) is 26.5. The predicted octanol–water partition coefficient (Wildman–Crippen LogP) is 3.61. The van der Waals surface area contributed by atoms with Crippen LogP contribution < -0.4 is 32.3 Å². The van der Waals surface area contributed by atoms with E-state index in [0.717, 1.165) is 22.6 Å². The van der Waals surface area contributed by atoms with Gasteiger partial charge in [0, 0.05) is 23.5 Å². The van der Waals surface area contributed by atoms with E-state index in [1.807, 2.05) is 12.1 Å². The van der Waals surface area contributed by atoms with Gasteiger partial charge in [-0.25, -0.2) is 27.7 Å². The van der Waals surface area contributed by atoms with Crippen LogP contribution in [-0.2, 0) is 20.2 Å². The molecule has 0 unspecified atom stereocenters. The van der Waals surface area contributed by atoms with Crippen molar-refractivity contribution < 1.29 is 36.2 Å². The molecule has 4 aromatic carbocycles. The molecule has 0 fully saturated rings. The summed E-state index contributed by atoms with van der Waals surface area (Å²) in [6.07, 6.45) is 4.96. The normalized spacial score (nSPS) is 14.7. The molecule has 2 heterocycles. The molecule has 0 radical (unpaired) electrons. The minimum Gasteiger partial charge on any atom is -0.744 e. The Morgan fingerprint density at radius 3 is 1.33 bits per heavy atom. The van der Waals surface area contributed by atoms with Crippen LogP contribution in [0.15, 0.2) is 141 Å². The summed E-state index contributed by atoms with van der Waals surface area (Å²) in [6, 6.07) is 25.3. The average molecular weight is 745 g/mol. The molecule has 268 valence electrons. The third kappa shape index (κ3) is 9.08. The number of hydrogen-bond donors (Lipinski definition) is 8. The van der Waals surface area contributed by atoms with Crippen LogP contribution in [0.3, 0.4) is 0 Å². The van der Waals surface area contributed by atoms with Gasteiger partial charge in [-0.2, -0.15) is 0 Å². The van der Waals surface area contributed by atoms with Crippen molar-refractivity contribution in [3.63, 3.8) is 0 Å². The molecule has 20 heteroatoms. The van der Waals surface area contributed by atoms with E-state index in [1.54, 1.807) is 48.5 Å². The van der Waals surface area contributed by atoms with Gasteiger partial charge in [-0.3, -0.25) is 10.9 Å². The van der Waals surface area contributed by atoms with Gasteiger partial charge in [0.2, 0.25) is 11.8 Å². The Kier molecular flexibility index (Phi) is 9.87. The fourth-order valence-electron chi connectivity index (χ4n) is 4.77. The van der Waals surface area contributed by atoms with E-state index in [4.69, 9.17) is 0 Å². The highest BCUT2D eigenvalue weighted by atomic mass is 32.2. The van der Waals surface area contributed by atoms with Crippen LogP contribution >= 0.6 is 0 Å². The number of aliphatic hydroxyl groups excluding tert-OH is 2. The van der Waals surface area contributed by atoms with Gasteiger partial charge < -0.3 is 30.0 Å². The van der Waals surface area contributed by atoms with Gasteiger partial charge in [0.25, 0.3) is 0 Å². The quantitative estimate of drug-likeness (QED) is 0.0852. The molecule has 4 aromatic rings. The maximum Gasteiger partial charge on any atom is 0.210 e.